The fourth-order valence-electron chi connectivity index (χ4n) is 2.71. The first-order valence-corrected chi connectivity index (χ1v) is 10.1. The summed E-state index contributed by atoms with van der Waals surface area (Å²) in [5, 5.41) is 1.41. The zero-order valence-corrected chi connectivity index (χ0v) is 17.4. The second-order valence-corrected chi connectivity index (χ2v) is 9.40. The van der Waals surface area contributed by atoms with Crippen molar-refractivity contribution in [3.8, 4) is 0 Å². The maximum absolute atomic E-state index is 6.20. The molecule has 1 unspecified atom stereocenters. The van der Waals surface area contributed by atoms with Crippen molar-refractivity contribution in [1.82, 2.24) is 9.55 Å². The van der Waals surface area contributed by atoms with Crippen LogP contribution >= 0.6 is 35.0 Å². The normalized spacial score (nSPS) is 13.0. The van der Waals surface area contributed by atoms with E-state index in [1.807, 2.05) is 36.9 Å². The Bertz CT molecular complexity index is 853. The quantitative estimate of drug-likeness (QED) is 0.425. The second-order valence-electron chi connectivity index (χ2n) is 7.31. The van der Waals surface area contributed by atoms with Crippen LogP contribution in [0.1, 0.15) is 37.1 Å². The second kappa shape index (κ2) is 8.08. The summed E-state index contributed by atoms with van der Waals surface area (Å²) in [6.45, 7) is 7.53. The molecule has 0 saturated heterocycles. The fourth-order valence-corrected chi connectivity index (χ4v) is 4.27. The highest BCUT2D eigenvalue weighted by molar-refractivity contribution is 7.99. The van der Waals surface area contributed by atoms with Gasteiger partial charge < -0.3 is 4.57 Å². The fraction of sp³-hybridized carbons (Fsp3) is 0.286. The third-order valence-electron chi connectivity index (χ3n) is 4.25. The molecule has 0 aliphatic heterocycles. The molecule has 2 nitrogen and oxygen atoms in total. The molecule has 0 spiro atoms. The van der Waals surface area contributed by atoms with Gasteiger partial charge in [-0.2, -0.15) is 0 Å². The Kier molecular flexibility index (Phi) is 6.01. The van der Waals surface area contributed by atoms with Crippen molar-refractivity contribution in [3.05, 3.63) is 82.4 Å². The Balaban J connectivity index is 1.88. The van der Waals surface area contributed by atoms with E-state index in [4.69, 9.17) is 23.2 Å². The molecule has 3 aromatic rings. The van der Waals surface area contributed by atoms with Crippen molar-refractivity contribution >= 4 is 35.0 Å². The third-order valence-corrected chi connectivity index (χ3v) is 6.22. The lowest BCUT2D eigenvalue weighted by Gasteiger charge is -2.22. The van der Waals surface area contributed by atoms with Gasteiger partial charge in [0.25, 0.3) is 0 Å². The molecule has 0 radical (unpaired) electrons. The Labute approximate surface area is 169 Å². The van der Waals surface area contributed by atoms with E-state index in [9.17, 15) is 0 Å². The van der Waals surface area contributed by atoms with Crippen molar-refractivity contribution in [1.29, 1.82) is 0 Å². The zero-order chi connectivity index (χ0) is 18.7. The van der Waals surface area contributed by atoms with Crippen LogP contribution in [-0.4, -0.2) is 9.55 Å². The van der Waals surface area contributed by atoms with Crippen LogP contribution in [-0.2, 0) is 12.0 Å². The molecule has 0 aliphatic carbocycles. The van der Waals surface area contributed by atoms with Gasteiger partial charge in [-0.25, -0.2) is 4.98 Å². The highest BCUT2D eigenvalue weighted by atomic mass is 35.5. The van der Waals surface area contributed by atoms with E-state index in [0.717, 1.165) is 11.4 Å². The van der Waals surface area contributed by atoms with Crippen LogP contribution in [0.5, 0.6) is 0 Å². The summed E-state index contributed by atoms with van der Waals surface area (Å²) in [7, 11) is 0. The molecule has 0 fully saturated rings. The summed E-state index contributed by atoms with van der Waals surface area (Å²) >= 11 is 14.0. The third kappa shape index (κ3) is 4.85. The first-order chi connectivity index (χ1) is 12.3. The molecule has 0 N–H and O–H groups in total. The van der Waals surface area contributed by atoms with Gasteiger partial charge in [-0.15, -0.1) is 11.8 Å². The van der Waals surface area contributed by atoms with Crippen molar-refractivity contribution < 1.29 is 0 Å². The zero-order valence-electron chi connectivity index (χ0n) is 15.1. The van der Waals surface area contributed by atoms with Crippen molar-refractivity contribution in [2.75, 3.05) is 0 Å². The van der Waals surface area contributed by atoms with Gasteiger partial charge in [0.15, 0.2) is 0 Å². The molecular formula is C21H22Cl2N2S. The molecule has 5 heteroatoms. The van der Waals surface area contributed by atoms with Crippen molar-refractivity contribution in [3.63, 3.8) is 0 Å². The molecule has 0 aliphatic rings. The smallest absolute Gasteiger partial charge is 0.0946 e. The van der Waals surface area contributed by atoms with Crippen LogP contribution in [0.2, 0.25) is 10.0 Å². The van der Waals surface area contributed by atoms with E-state index in [1.165, 1.54) is 11.1 Å². The molecular weight excluding hydrogens is 383 g/mol. The summed E-state index contributed by atoms with van der Waals surface area (Å²) in [5.41, 5.74) is 2.76. The molecule has 1 aromatic heterocycles. The van der Waals surface area contributed by atoms with Crippen LogP contribution in [0.25, 0.3) is 0 Å². The highest BCUT2D eigenvalue weighted by Gasteiger charge is 2.18. The predicted molar refractivity (Wildman–Crippen MR) is 112 cm³/mol. The van der Waals surface area contributed by atoms with Gasteiger partial charge in [-0.05, 0) is 34.7 Å². The monoisotopic (exact) mass is 404 g/mol. The number of halogens is 2. The Hall–Kier alpha value is -1.42. The van der Waals surface area contributed by atoms with E-state index in [-0.39, 0.29) is 10.7 Å². The topological polar surface area (TPSA) is 17.8 Å². The minimum atomic E-state index is 0.148. The van der Waals surface area contributed by atoms with Gasteiger partial charge in [0, 0.05) is 23.8 Å². The maximum atomic E-state index is 6.20. The lowest BCUT2D eigenvalue weighted by Crippen LogP contribution is -2.11. The molecule has 2 aromatic carbocycles. The van der Waals surface area contributed by atoms with Crippen molar-refractivity contribution in [2.24, 2.45) is 0 Å². The number of thioether (sulfide) groups is 1. The van der Waals surface area contributed by atoms with E-state index in [1.54, 1.807) is 11.8 Å². The molecule has 0 amide bonds. The SMILES string of the molecule is CC(C)(C)c1ccc(C(Cn2ccnc2)Sc2ccc(Cl)c(Cl)c2)cc1. The number of benzene rings is 2. The standard InChI is InChI=1S/C21H22Cl2N2S/c1-21(2,3)16-6-4-15(5-7-16)20(13-25-11-10-24-14-25)26-17-8-9-18(22)19(23)12-17/h4-12,14,20H,13H2,1-3H3. The predicted octanol–water partition coefficient (Wildman–Crippen LogP) is 7.02. The van der Waals surface area contributed by atoms with Crippen LogP contribution in [0.15, 0.2) is 66.1 Å². The average molecular weight is 405 g/mol. The van der Waals surface area contributed by atoms with E-state index in [2.05, 4.69) is 54.6 Å². The summed E-state index contributed by atoms with van der Waals surface area (Å²) in [6.07, 6.45) is 5.65. The summed E-state index contributed by atoms with van der Waals surface area (Å²) in [5.74, 6) is 0. The lowest BCUT2D eigenvalue weighted by molar-refractivity contribution is 0.589. The van der Waals surface area contributed by atoms with Crippen LogP contribution in [0, 0.1) is 0 Å². The number of hydrogen-bond donors (Lipinski definition) is 0. The van der Waals surface area contributed by atoms with Gasteiger partial charge in [0.1, 0.15) is 0 Å². The van der Waals surface area contributed by atoms with Gasteiger partial charge in [-0.3, -0.25) is 0 Å². The van der Waals surface area contributed by atoms with Gasteiger partial charge in [-0.1, -0.05) is 68.2 Å². The molecule has 1 atom stereocenters. The molecule has 0 bridgehead atoms. The van der Waals surface area contributed by atoms with Crippen molar-refractivity contribution in [2.45, 2.75) is 42.9 Å². The van der Waals surface area contributed by atoms with E-state index < -0.39 is 0 Å². The Morgan fingerprint density at radius 1 is 1.04 bits per heavy atom. The lowest BCUT2D eigenvalue weighted by atomic mass is 9.86. The van der Waals surface area contributed by atoms with Crippen LogP contribution in [0.3, 0.4) is 0 Å². The highest BCUT2D eigenvalue weighted by Crippen LogP contribution is 2.39. The Morgan fingerprint density at radius 2 is 1.77 bits per heavy atom. The van der Waals surface area contributed by atoms with E-state index >= 15 is 0 Å². The van der Waals surface area contributed by atoms with Gasteiger partial charge >= 0.3 is 0 Å². The molecule has 26 heavy (non-hydrogen) atoms. The van der Waals surface area contributed by atoms with Gasteiger partial charge in [0.2, 0.25) is 0 Å². The Morgan fingerprint density at radius 3 is 2.35 bits per heavy atom. The number of hydrogen-bond acceptors (Lipinski definition) is 2. The summed E-state index contributed by atoms with van der Waals surface area (Å²) < 4.78 is 2.10. The number of aromatic nitrogens is 2. The van der Waals surface area contributed by atoms with Gasteiger partial charge in [0.05, 0.1) is 21.6 Å². The maximum Gasteiger partial charge on any atom is 0.0946 e. The number of imidazole rings is 1. The molecule has 0 saturated carbocycles. The number of rotatable bonds is 5. The summed E-state index contributed by atoms with van der Waals surface area (Å²) in [4.78, 5) is 5.26. The summed E-state index contributed by atoms with van der Waals surface area (Å²) in [6, 6.07) is 14.7. The molecule has 1 heterocycles. The van der Waals surface area contributed by atoms with Crippen LogP contribution in [0.4, 0.5) is 0 Å². The minimum absolute atomic E-state index is 0.148. The first-order valence-electron chi connectivity index (χ1n) is 8.51. The minimum Gasteiger partial charge on any atom is -0.336 e. The average Bonchev–Trinajstić information content (AvgIpc) is 3.10. The molecule has 3 rings (SSSR count). The molecule has 136 valence electrons. The first kappa shape index (κ1) is 19.3. The number of nitrogens with zero attached hydrogens (tertiary/aromatic N) is 2. The van der Waals surface area contributed by atoms with Crippen LogP contribution < -0.4 is 0 Å². The van der Waals surface area contributed by atoms with E-state index in [0.29, 0.717) is 10.0 Å². The largest absolute Gasteiger partial charge is 0.336 e.